The Hall–Kier alpha value is -3.23. The normalized spacial score (nSPS) is 18.9. The molecule has 0 radical (unpaired) electrons. The van der Waals surface area contributed by atoms with E-state index in [1.54, 1.807) is 60.4 Å². The summed E-state index contributed by atoms with van der Waals surface area (Å²) in [7, 11) is 0. The number of benzene rings is 2. The molecule has 34 heavy (non-hydrogen) atoms. The molecule has 2 aromatic rings. The van der Waals surface area contributed by atoms with E-state index in [9.17, 15) is 19.2 Å². The van der Waals surface area contributed by atoms with Crippen molar-refractivity contribution in [2.24, 2.45) is 0 Å². The Kier molecular flexibility index (Phi) is 7.29. The highest BCUT2D eigenvalue weighted by atomic mass is 35.5. The Labute approximate surface area is 202 Å². The number of anilines is 1. The summed E-state index contributed by atoms with van der Waals surface area (Å²) in [6.45, 7) is 3.10. The molecule has 8 nitrogen and oxygen atoms in total. The molecule has 0 bridgehead atoms. The molecule has 0 aromatic heterocycles. The number of carbonyl (C=O) groups excluding carboxylic acids is 4. The van der Waals surface area contributed by atoms with E-state index in [-0.39, 0.29) is 36.8 Å². The standard InChI is InChI=1S/C25H26ClN3O5/c1-2-34-25(33)16-6-8-20(9-7-16)29-22(30)15-21(24(29)32)27-19-10-12-28(13-11-19)23(31)17-4-3-5-18(26)14-17/h3-9,14,19,21,27H,2,10-13,15H2,1H3/t21-/m1/s1. The minimum Gasteiger partial charge on any atom is -0.462 e. The smallest absolute Gasteiger partial charge is 0.338 e. The van der Waals surface area contributed by atoms with E-state index < -0.39 is 12.0 Å². The van der Waals surface area contributed by atoms with E-state index >= 15 is 0 Å². The Balaban J connectivity index is 1.33. The highest BCUT2D eigenvalue weighted by Crippen LogP contribution is 2.25. The Morgan fingerprint density at radius 1 is 1.06 bits per heavy atom. The first-order valence-corrected chi connectivity index (χ1v) is 11.7. The highest BCUT2D eigenvalue weighted by molar-refractivity contribution is 6.31. The van der Waals surface area contributed by atoms with Gasteiger partial charge in [0.1, 0.15) is 0 Å². The van der Waals surface area contributed by atoms with Crippen LogP contribution in [-0.2, 0) is 14.3 Å². The van der Waals surface area contributed by atoms with Crippen molar-refractivity contribution in [3.8, 4) is 0 Å². The number of halogens is 1. The van der Waals surface area contributed by atoms with Crippen LogP contribution in [0.3, 0.4) is 0 Å². The van der Waals surface area contributed by atoms with Crippen LogP contribution >= 0.6 is 11.6 Å². The summed E-state index contributed by atoms with van der Waals surface area (Å²) in [5.41, 5.74) is 1.34. The number of nitrogens with zero attached hydrogens (tertiary/aromatic N) is 2. The molecule has 2 aromatic carbocycles. The van der Waals surface area contributed by atoms with Gasteiger partial charge in [0.25, 0.3) is 11.8 Å². The lowest BCUT2D eigenvalue weighted by Gasteiger charge is -2.33. The number of rotatable bonds is 6. The van der Waals surface area contributed by atoms with Gasteiger partial charge in [-0.05, 0) is 62.2 Å². The van der Waals surface area contributed by atoms with Crippen molar-refractivity contribution >= 4 is 41.0 Å². The highest BCUT2D eigenvalue weighted by Gasteiger charge is 2.41. The number of likely N-dealkylation sites (tertiary alicyclic amines) is 1. The number of hydrogen-bond donors (Lipinski definition) is 1. The summed E-state index contributed by atoms with van der Waals surface area (Å²) < 4.78 is 4.96. The average Bonchev–Trinajstić information content (AvgIpc) is 3.12. The van der Waals surface area contributed by atoms with Gasteiger partial charge in [-0.15, -0.1) is 0 Å². The molecule has 0 aliphatic carbocycles. The first kappa shape index (κ1) is 23.9. The second-order valence-corrected chi connectivity index (χ2v) is 8.77. The summed E-state index contributed by atoms with van der Waals surface area (Å²) in [4.78, 5) is 53.0. The van der Waals surface area contributed by atoms with Crippen molar-refractivity contribution < 1.29 is 23.9 Å². The molecule has 178 valence electrons. The number of ether oxygens (including phenoxy) is 1. The Morgan fingerprint density at radius 2 is 1.76 bits per heavy atom. The fourth-order valence-corrected chi connectivity index (χ4v) is 4.52. The second kappa shape index (κ2) is 10.4. The third-order valence-corrected chi connectivity index (χ3v) is 6.31. The molecular formula is C25H26ClN3O5. The first-order chi connectivity index (χ1) is 16.4. The fraction of sp³-hybridized carbons (Fsp3) is 0.360. The zero-order valence-corrected chi connectivity index (χ0v) is 19.6. The summed E-state index contributed by atoms with van der Waals surface area (Å²) in [6, 6.07) is 12.5. The minimum atomic E-state index is -0.614. The van der Waals surface area contributed by atoms with Gasteiger partial charge in [-0.1, -0.05) is 17.7 Å². The van der Waals surface area contributed by atoms with Crippen LogP contribution in [0.1, 0.15) is 46.9 Å². The third-order valence-electron chi connectivity index (χ3n) is 6.07. The summed E-state index contributed by atoms with van der Waals surface area (Å²) in [6.07, 6.45) is 1.43. The molecule has 1 atom stereocenters. The molecule has 9 heteroatoms. The molecule has 2 aliphatic heterocycles. The maximum absolute atomic E-state index is 13.0. The van der Waals surface area contributed by atoms with Crippen LogP contribution in [0.15, 0.2) is 48.5 Å². The second-order valence-electron chi connectivity index (χ2n) is 8.33. The number of nitrogens with one attached hydrogen (secondary N) is 1. The SMILES string of the molecule is CCOC(=O)c1ccc(N2C(=O)C[C@@H](NC3CCN(C(=O)c4cccc(Cl)c4)CC3)C2=O)cc1. The molecule has 2 saturated heterocycles. The number of amides is 3. The molecule has 1 N–H and O–H groups in total. The molecule has 4 rings (SSSR count). The maximum Gasteiger partial charge on any atom is 0.338 e. The van der Waals surface area contributed by atoms with E-state index in [1.165, 1.54) is 0 Å². The van der Waals surface area contributed by atoms with Gasteiger partial charge in [-0.2, -0.15) is 0 Å². The third kappa shape index (κ3) is 5.13. The molecule has 3 amide bonds. The van der Waals surface area contributed by atoms with Crippen LogP contribution in [-0.4, -0.2) is 60.4 Å². The number of imide groups is 1. The monoisotopic (exact) mass is 483 g/mol. The van der Waals surface area contributed by atoms with E-state index in [0.717, 1.165) is 4.90 Å². The topological polar surface area (TPSA) is 96.0 Å². The van der Waals surface area contributed by atoms with Gasteiger partial charge in [0.15, 0.2) is 0 Å². The molecule has 2 aliphatic rings. The zero-order chi connectivity index (χ0) is 24.2. The van der Waals surface area contributed by atoms with Crippen LogP contribution in [0.2, 0.25) is 5.02 Å². The van der Waals surface area contributed by atoms with Gasteiger partial charge < -0.3 is 15.0 Å². The molecule has 0 saturated carbocycles. The number of carbonyl (C=O) groups is 4. The molecular weight excluding hydrogens is 458 g/mol. The maximum atomic E-state index is 13.0. The van der Waals surface area contributed by atoms with Crippen molar-refractivity contribution in [2.75, 3.05) is 24.6 Å². The van der Waals surface area contributed by atoms with Gasteiger partial charge in [0.05, 0.1) is 30.3 Å². The number of piperidine rings is 1. The fourth-order valence-electron chi connectivity index (χ4n) is 4.33. The van der Waals surface area contributed by atoms with Crippen molar-refractivity contribution in [3.63, 3.8) is 0 Å². The predicted octanol–water partition coefficient (Wildman–Crippen LogP) is 3.04. The van der Waals surface area contributed by atoms with E-state index in [0.29, 0.717) is 47.8 Å². The van der Waals surface area contributed by atoms with Crippen molar-refractivity contribution in [1.82, 2.24) is 10.2 Å². The Bertz CT molecular complexity index is 1100. The van der Waals surface area contributed by atoms with Gasteiger partial charge in [-0.25, -0.2) is 9.69 Å². The van der Waals surface area contributed by atoms with Gasteiger partial charge in [-0.3, -0.25) is 14.4 Å². The summed E-state index contributed by atoms with van der Waals surface area (Å²) in [5, 5.41) is 3.83. The van der Waals surface area contributed by atoms with Gasteiger partial charge in [0.2, 0.25) is 5.91 Å². The van der Waals surface area contributed by atoms with Gasteiger partial charge >= 0.3 is 5.97 Å². The van der Waals surface area contributed by atoms with E-state index in [1.807, 2.05) is 0 Å². The molecule has 0 unspecified atom stereocenters. The number of hydrogen-bond acceptors (Lipinski definition) is 6. The summed E-state index contributed by atoms with van der Waals surface area (Å²) in [5.74, 6) is -1.12. The summed E-state index contributed by atoms with van der Waals surface area (Å²) >= 11 is 6.00. The minimum absolute atomic E-state index is 0.0244. The van der Waals surface area contributed by atoms with E-state index in [2.05, 4.69) is 5.32 Å². The van der Waals surface area contributed by atoms with Crippen molar-refractivity contribution in [2.45, 2.75) is 38.3 Å². The predicted molar refractivity (Wildman–Crippen MR) is 127 cm³/mol. The van der Waals surface area contributed by atoms with Crippen molar-refractivity contribution in [3.05, 3.63) is 64.7 Å². The molecule has 2 heterocycles. The van der Waals surface area contributed by atoms with Crippen LogP contribution in [0, 0.1) is 0 Å². The van der Waals surface area contributed by atoms with Crippen LogP contribution in [0.4, 0.5) is 5.69 Å². The van der Waals surface area contributed by atoms with Crippen LogP contribution in [0.5, 0.6) is 0 Å². The van der Waals surface area contributed by atoms with Crippen LogP contribution < -0.4 is 10.2 Å². The average molecular weight is 484 g/mol. The quantitative estimate of drug-likeness (QED) is 0.501. The lowest BCUT2D eigenvalue weighted by atomic mass is 10.0. The molecule has 0 spiro atoms. The lowest BCUT2D eigenvalue weighted by molar-refractivity contribution is -0.121. The number of esters is 1. The molecule has 2 fully saturated rings. The first-order valence-electron chi connectivity index (χ1n) is 11.3. The largest absolute Gasteiger partial charge is 0.462 e. The van der Waals surface area contributed by atoms with E-state index in [4.69, 9.17) is 16.3 Å². The van der Waals surface area contributed by atoms with Crippen molar-refractivity contribution in [1.29, 1.82) is 0 Å². The Morgan fingerprint density at radius 3 is 2.41 bits per heavy atom. The lowest BCUT2D eigenvalue weighted by Crippen LogP contribution is -2.49. The zero-order valence-electron chi connectivity index (χ0n) is 18.8. The van der Waals surface area contributed by atoms with Crippen LogP contribution in [0.25, 0.3) is 0 Å². The van der Waals surface area contributed by atoms with Gasteiger partial charge in [0, 0.05) is 29.7 Å².